The van der Waals surface area contributed by atoms with Crippen molar-refractivity contribution in [2.45, 2.75) is 25.4 Å². The minimum atomic E-state index is 0.0293. The van der Waals surface area contributed by atoms with Gasteiger partial charge in [-0.3, -0.25) is 4.79 Å². The van der Waals surface area contributed by atoms with Gasteiger partial charge in [-0.15, -0.1) is 0 Å². The predicted molar refractivity (Wildman–Crippen MR) is 84.4 cm³/mol. The van der Waals surface area contributed by atoms with Crippen LogP contribution in [0.25, 0.3) is 0 Å². The monoisotopic (exact) mass is 300 g/mol. The van der Waals surface area contributed by atoms with Crippen LogP contribution in [0.15, 0.2) is 30.3 Å². The van der Waals surface area contributed by atoms with Gasteiger partial charge in [0.1, 0.15) is 6.10 Å². The van der Waals surface area contributed by atoms with Crippen LogP contribution in [0.5, 0.6) is 0 Å². The maximum atomic E-state index is 12.9. The summed E-state index contributed by atoms with van der Waals surface area (Å²) in [4.78, 5) is 14.9. The Kier molecular flexibility index (Phi) is 3.66. The van der Waals surface area contributed by atoms with Crippen molar-refractivity contribution in [1.29, 1.82) is 0 Å². The lowest BCUT2D eigenvalue weighted by Crippen LogP contribution is -2.44. The number of carbonyl (C=O) groups is 1. The number of nitrogens with one attached hydrogen (secondary N) is 1. The van der Waals surface area contributed by atoms with E-state index in [4.69, 9.17) is 4.74 Å². The fourth-order valence-electron chi connectivity index (χ4n) is 4.11. The molecule has 2 aliphatic heterocycles. The quantitative estimate of drug-likeness (QED) is 0.908. The summed E-state index contributed by atoms with van der Waals surface area (Å²) in [6, 6.07) is 10.3. The molecular weight excluding hydrogens is 276 g/mol. The number of hydrogen-bond acceptors (Lipinski definition) is 3. The third-order valence-electron chi connectivity index (χ3n) is 5.64. The zero-order valence-electron chi connectivity index (χ0n) is 13.0. The average molecular weight is 300 g/mol. The SMILES string of the molecule is O=C(C1CC12CCNCC2)N1CCOC(c2ccccc2)C1. The molecule has 1 aromatic carbocycles. The minimum absolute atomic E-state index is 0.0293. The molecule has 118 valence electrons. The molecule has 2 atom stereocenters. The Balaban J connectivity index is 1.41. The van der Waals surface area contributed by atoms with Gasteiger partial charge in [-0.1, -0.05) is 30.3 Å². The van der Waals surface area contributed by atoms with Crippen LogP contribution in [-0.2, 0) is 9.53 Å². The zero-order valence-corrected chi connectivity index (χ0v) is 13.0. The van der Waals surface area contributed by atoms with Crippen LogP contribution in [0.2, 0.25) is 0 Å². The van der Waals surface area contributed by atoms with Crippen molar-refractivity contribution in [1.82, 2.24) is 10.2 Å². The molecule has 1 saturated carbocycles. The van der Waals surface area contributed by atoms with Crippen LogP contribution in [0.3, 0.4) is 0 Å². The Morgan fingerprint density at radius 1 is 1.23 bits per heavy atom. The highest BCUT2D eigenvalue weighted by Gasteiger charge is 2.58. The van der Waals surface area contributed by atoms with Crippen molar-refractivity contribution in [3.63, 3.8) is 0 Å². The second-order valence-corrected chi connectivity index (χ2v) is 6.92. The Morgan fingerprint density at radius 3 is 2.77 bits per heavy atom. The highest BCUT2D eigenvalue weighted by molar-refractivity contribution is 5.83. The summed E-state index contributed by atoms with van der Waals surface area (Å²) in [5.41, 5.74) is 1.50. The van der Waals surface area contributed by atoms with Gasteiger partial charge in [0.25, 0.3) is 0 Å². The number of amides is 1. The second-order valence-electron chi connectivity index (χ2n) is 6.92. The first-order valence-electron chi connectivity index (χ1n) is 8.45. The van der Waals surface area contributed by atoms with Crippen LogP contribution in [0, 0.1) is 11.3 Å². The van der Waals surface area contributed by atoms with E-state index in [1.165, 1.54) is 5.56 Å². The van der Waals surface area contributed by atoms with Crippen molar-refractivity contribution in [2.24, 2.45) is 11.3 Å². The van der Waals surface area contributed by atoms with Crippen LogP contribution < -0.4 is 5.32 Å². The smallest absolute Gasteiger partial charge is 0.226 e. The number of carbonyl (C=O) groups excluding carboxylic acids is 1. The van der Waals surface area contributed by atoms with Crippen LogP contribution in [-0.4, -0.2) is 43.6 Å². The van der Waals surface area contributed by atoms with E-state index in [-0.39, 0.29) is 12.0 Å². The molecule has 0 radical (unpaired) electrons. The number of piperidine rings is 1. The number of nitrogens with zero attached hydrogens (tertiary/aromatic N) is 1. The van der Waals surface area contributed by atoms with Crippen LogP contribution >= 0.6 is 0 Å². The Bertz CT molecular complexity index is 539. The molecule has 2 heterocycles. The Hall–Kier alpha value is -1.39. The van der Waals surface area contributed by atoms with E-state index in [1.54, 1.807) is 0 Å². The molecular formula is C18H24N2O2. The summed E-state index contributed by atoms with van der Waals surface area (Å²) in [6.07, 6.45) is 3.45. The molecule has 1 aromatic rings. The van der Waals surface area contributed by atoms with Gasteiger partial charge >= 0.3 is 0 Å². The molecule has 2 unspecified atom stereocenters. The standard InChI is InChI=1S/C18H24N2O2/c21-17(15-12-18(15)6-8-19-9-7-18)20-10-11-22-16(13-20)14-4-2-1-3-5-14/h1-5,15-16,19H,6-13H2. The van der Waals surface area contributed by atoms with E-state index < -0.39 is 0 Å². The Labute approximate surface area is 131 Å². The fourth-order valence-corrected chi connectivity index (χ4v) is 4.11. The maximum absolute atomic E-state index is 12.9. The molecule has 3 fully saturated rings. The van der Waals surface area contributed by atoms with Gasteiger partial charge in [-0.2, -0.15) is 0 Å². The summed E-state index contributed by atoms with van der Waals surface area (Å²) in [7, 11) is 0. The highest BCUT2D eigenvalue weighted by atomic mass is 16.5. The third kappa shape index (κ3) is 2.55. The van der Waals surface area contributed by atoms with Gasteiger partial charge in [0.05, 0.1) is 13.2 Å². The van der Waals surface area contributed by atoms with Gasteiger partial charge in [0.15, 0.2) is 0 Å². The van der Waals surface area contributed by atoms with Gasteiger partial charge < -0.3 is 15.0 Å². The first kappa shape index (κ1) is 14.2. The first-order valence-corrected chi connectivity index (χ1v) is 8.45. The molecule has 22 heavy (non-hydrogen) atoms. The number of morpholine rings is 1. The number of rotatable bonds is 2. The third-order valence-corrected chi connectivity index (χ3v) is 5.64. The van der Waals surface area contributed by atoms with E-state index >= 15 is 0 Å². The molecule has 1 spiro atoms. The predicted octanol–water partition coefficient (Wildman–Crippen LogP) is 1.98. The Morgan fingerprint density at radius 2 is 2.00 bits per heavy atom. The van der Waals surface area contributed by atoms with Crippen LogP contribution in [0.4, 0.5) is 0 Å². The van der Waals surface area contributed by atoms with Gasteiger partial charge in [-0.05, 0) is 43.3 Å². The molecule has 4 heteroatoms. The normalized spacial score (nSPS) is 30.3. The number of ether oxygens (including phenoxy) is 1. The zero-order chi connectivity index (χ0) is 15.0. The van der Waals surface area contributed by atoms with Gasteiger partial charge in [0, 0.05) is 12.5 Å². The molecule has 0 aromatic heterocycles. The molecule has 1 N–H and O–H groups in total. The molecule has 1 aliphatic carbocycles. The first-order chi connectivity index (χ1) is 10.8. The maximum Gasteiger partial charge on any atom is 0.226 e. The van der Waals surface area contributed by atoms with Crippen molar-refractivity contribution in [3.05, 3.63) is 35.9 Å². The fraction of sp³-hybridized carbons (Fsp3) is 0.611. The van der Waals surface area contributed by atoms with E-state index in [9.17, 15) is 4.79 Å². The van der Waals surface area contributed by atoms with Crippen molar-refractivity contribution < 1.29 is 9.53 Å². The summed E-state index contributed by atoms with van der Waals surface area (Å²) in [6.45, 7) is 4.23. The highest BCUT2D eigenvalue weighted by Crippen LogP contribution is 2.59. The van der Waals surface area contributed by atoms with Crippen molar-refractivity contribution in [2.75, 3.05) is 32.8 Å². The summed E-state index contributed by atoms with van der Waals surface area (Å²) in [5.74, 6) is 0.634. The summed E-state index contributed by atoms with van der Waals surface area (Å²) >= 11 is 0. The lowest BCUT2D eigenvalue weighted by atomic mass is 9.91. The molecule has 1 amide bonds. The lowest BCUT2D eigenvalue weighted by Gasteiger charge is -2.34. The molecule has 4 nitrogen and oxygen atoms in total. The summed E-state index contributed by atoms with van der Waals surface area (Å²) in [5, 5.41) is 3.40. The van der Waals surface area contributed by atoms with E-state index in [2.05, 4.69) is 17.4 Å². The van der Waals surface area contributed by atoms with Crippen LogP contribution in [0.1, 0.15) is 30.9 Å². The summed E-state index contributed by atoms with van der Waals surface area (Å²) < 4.78 is 5.88. The average Bonchev–Trinajstić information content (AvgIpc) is 3.28. The van der Waals surface area contributed by atoms with Gasteiger partial charge in [-0.25, -0.2) is 0 Å². The second kappa shape index (κ2) is 5.67. The number of hydrogen-bond donors (Lipinski definition) is 1. The van der Waals surface area contributed by atoms with Gasteiger partial charge in [0.2, 0.25) is 5.91 Å². The molecule has 3 aliphatic rings. The van der Waals surface area contributed by atoms with E-state index in [1.807, 2.05) is 23.1 Å². The van der Waals surface area contributed by atoms with E-state index in [0.29, 0.717) is 24.5 Å². The van der Waals surface area contributed by atoms with E-state index in [0.717, 1.165) is 38.9 Å². The lowest BCUT2D eigenvalue weighted by molar-refractivity contribution is -0.141. The van der Waals surface area contributed by atoms with Crippen molar-refractivity contribution in [3.8, 4) is 0 Å². The number of benzene rings is 1. The van der Waals surface area contributed by atoms with Crippen molar-refractivity contribution >= 4 is 5.91 Å². The minimum Gasteiger partial charge on any atom is -0.370 e. The topological polar surface area (TPSA) is 41.6 Å². The molecule has 2 saturated heterocycles. The largest absolute Gasteiger partial charge is 0.370 e. The molecule has 4 rings (SSSR count). The molecule has 0 bridgehead atoms.